The number of nitrogen functional groups attached to an aromatic ring is 1. The van der Waals surface area contributed by atoms with Crippen molar-refractivity contribution in [2.24, 2.45) is 0 Å². The molecule has 0 fully saturated rings. The van der Waals surface area contributed by atoms with E-state index in [1.165, 1.54) is 30.3 Å². The standard InChI is InChI=1S/C13H10F3N3O2/c14-13(15,16)8-1-3-10(4-2-8)18-11-5-9(17)6-12(7-11)19(20)21/h1-7,18H,17H2. The fourth-order valence-corrected chi connectivity index (χ4v) is 1.72. The Kier molecular flexibility index (Phi) is 3.70. The summed E-state index contributed by atoms with van der Waals surface area (Å²) >= 11 is 0. The first kappa shape index (κ1) is 14.6. The Balaban J connectivity index is 2.24. The third kappa shape index (κ3) is 3.62. The normalized spacial score (nSPS) is 11.2. The van der Waals surface area contributed by atoms with E-state index in [0.717, 1.165) is 12.1 Å². The molecule has 5 nitrogen and oxygen atoms in total. The fourth-order valence-electron chi connectivity index (χ4n) is 1.72. The number of halogens is 3. The molecule has 0 spiro atoms. The first-order chi connectivity index (χ1) is 9.75. The number of anilines is 3. The molecule has 0 aliphatic carbocycles. The van der Waals surface area contributed by atoms with Gasteiger partial charge in [-0.1, -0.05) is 0 Å². The van der Waals surface area contributed by atoms with E-state index in [4.69, 9.17) is 5.73 Å². The second kappa shape index (κ2) is 5.31. The number of nitrogens with one attached hydrogen (secondary N) is 1. The summed E-state index contributed by atoms with van der Waals surface area (Å²) in [5, 5.41) is 13.5. The number of rotatable bonds is 3. The second-order valence-electron chi connectivity index (χ2n) is 4.27. The van der Waals surface area contributed by atoms with Crippen molar-refractivity contribution in [3.05, 3.63) is 58.1 Å². The molecule has 0 saturated heterocycles. The third-order valence-corrected chi connectivity index (χ3v) is 2.65. The van der Waals surface area contributed by atoms with Crippen LogP contribution in [-0.2, 0) is 6.18 Å². The Hall–Kier alpha value is -2.77. The zero-order valence-corrected chi connectivity index (χ0v) is 10.5. The van der Waals surface area contributed by atoms with Gasteiger partial charge in [0.2, 0.25) is 0 Å². The van der Waals surface area contributed by atoms with Crippen LogP contribution in [0.25, 0.3) is 0 Å². The van der Waals surface area contributed by atoms with Crippen molar-refractivity contribution in [2.75, 3.05) is 11.1 Å². The van der Waals surface area contributed by atoms with E-state index in [1.54, 1.807) is 0 Å². The monoisotopic (exact) mass is 297 g/mol. The third-order valence-electron chi connectivity index (χ3n) is 2.65. The molecule has 0 aliphatic rings. The topological polar surface area (TPSA) is 81.2 Å². The van der Waals surface area contributed by atoms with Crippen molar-refractivity contribution in [2.45, 2.75) is 6.18 Å². The van der Waals surface area contributed by atoms with Crippen LogP contribution in [-0.4, -0.2) is 4.92 Å². The average Bonchev–Trinajstić information content (AvgIpc) is 2.37. The van der Waals surface area contributed by atoms with E-state index < -0.39 is 16.7 Å². The summed E-state index contributed by atoms with van der Waals surface area (Å²) in [6, 6.07) is 8.19. The Morgan fingerprint density at radius 2 is 1.67 bits per heavy atom. The zero-order valence-electron chi connectivity index (χ0n) is 10.5. The molecule has 8 heteroatoms. The molecule has 2 aromatic carbocycles. The maximum Gasteiger partial charge on any atom is 0.416 e. The van der Waals surface area contributed by atoms with Crippen molar-refractivity contribution in [1.82, 2.24) is 0 Å². The number of nitro groups is 1. The molecule has 3 N–H and O–H groups in total. The first-order valence-corrected chi connectivity index (χ1v) is 5.75. The molecule has 0 amide bonds. The molecule has 0 radical (unpaired) electrons. The summed E-state index contributed by atoms with van der Waals surface area (Å²) in [5.74, 6) is 0. The molecule has 0 atom stereocenters. The van der Waals surface area contributed by atoms with Gasteiger partial charge in [-0.15, -0.1) is 0 Å². The van der Waals surface area contributed by atoms with Gasteiger partial charge in [0.05, 0.1) is 10.5 Å². The number of nitrogens with two attached hydrogens (primary N) is 1. The van der Waals surface area contributed by atoms with Crippen molar-refractivity contribution in [1.29, 1.82) is 0 Å². The molecule has 0 aromatic heterocycles. The lowest BCUT2D eigenvalue weighted by atomic mass is 10.2. The molecule has 0 heterocycles. The molecular formula is C13H10F3N3O2. The number of benzene rings is 2. The van der Waals surface area contributed by atoms with Gasteiger partial charge < -0.3 is 11.1 Å². The maximum atomic E-state index is 12.4. The molecule has 2 rings (SSSR count). The van der Waals surface area contributed by atoms with E-state index in [2.05, 4.69) is 5.32 Å². The van der Waals surface area contributed by atoms with Crippen LogP contribution in [0.15, 0.2) is 42.5 Å². The minimum atomic E-state index is -4.41. The highest BCUT2D eigenvalue weighted by atomic mass is 19.4. The number of hydrogen-bond donors (Lipinski definition) is 2. The zero-order chi connectivity index (χ0) is 15.6. The number of nitro benzene ring substituents is 1. The van der Waals surface area contributed by atoms with Crippen molar-refractivity contribution < 1.29 is 18.1 Å². The van der Waals surface area contributed by atoms with Crippen LogP contribution in [0.3, 0.4) is 0 Å². The van der Waals surface area contributed by atoms with Gasteiger partial charge in [-0.05, 0) is 30.3 Å². The highest BCUT2D eigenvalue weighted by Gasteiger charge is 2.29. The summed E-state index contributed by atoms with van der Waals surface area (Å²) in [6.07, 6.45) is -4.41. The number of nitrogens with zero attached hydrogens (tertiary/aromatic N) is 1. The summed E-state index contributed by atoms with van der Waals surface area (Å²) in [7, 11) is 0. The minimum Gasteiger partial charge on any atom is -0.398 e. The summed E-state index contributed by atoms with van der Waals surface area (Å²) < 4.78 is 37.3. The molecule has 110 valence electrons. The van der Waals surface area contributed by atoms with Gasteiger partial charge in [-0.2, -0.15) is 13.2 Å². The van der Waals surface area contributed by atoms with Crippen LogP contribution in [0.1, 0.15) is 5.56 Å². The van der Waals surface area contributed by atoms with Crippen LogP contribution in [0.2, 0.25) is 0 Å². The van der Waals surface area contributed by atoms with Gasteiger partial charge >= 0.3 is 6.18 Å². The minimum absolute atomic E-state index is 0.179. The second-order valence-corrected chi connectivity index (χ2v) is 4.27. The molecular weight excluding hydrogens is 287 g/mol. The molecule has 0 aliphatic heterocycles. The van der Waals surface area contributed by atoms with Crippen molar-refractivity contribution in [3.8, 4) is 0 Å². The van der Waals surface area contributed by atoms with E-state index in [0.29, 0.717) is 11.4 Å². The predicted octanol–water partition coefficient (Wildman–Crippen LogP) is 3.94. The highest BCUT2D eigenvalue weighted by molar-refractivity contribution is 5.67. The lowest BCUT2D eigenvalue weighted by Gasteiger charge is -2.10. The van der Waals surface area contributed by atoms with Crippen LogP contribution in [0.5, 0.6) is 0 Å². The van der Waals surface area contributed by atoms with Gasteiger partial charge in [0, 0.05) is 29.2 Å². The highest BCUT2D eigenvalue weighted by Crippen LogP contribution is 2.31. The van der Waals surface area contributed by atoms with E-state index in [9.17, 15) is 23.3 Å². The Bertz CT molecular complexity index is 669. The molecule has 2 aromatic rings. The van der Waals surface area contributed by atoms with E-state index in [-0.39, 0.29) is 11.4 Å². The quantitative estimate of drug-likeness (QED) is 0.511. The smallest absolute Gasteiger partial charge is 0.398 e. The number of non-ortho nitro benzene ring substituents is 1. The summed E-state index contributed by atoms with van der Waals surface area (Å²) in [6.45, 7) is 0. The average molecular weight is 297 g/mol. The Morgan fingerprint density at radius 1 is 1.05 bits per heavy atom. The largest absolute Gasteiger partial charge is 0.416 e. The van der Waals surface area contributed by atoms with Crippen LogP contribution in [0, 0.1) is 10.1 Å². The van der Waals surface area contributed by atoms with Gasteiger partial charge in [0.25, 0.3) is 5.69 Å². The van der Waals surface area contributed by atoms with Crippen LogP contribution in [0.4, 0.5) is 35.9 Å². The van der Waals surface area contributed by atoms with Crippen LogP contribution < -0.4 is 11.1 Å². The first-order valence-electron chi connectivity index (χ1n) is 5.75. The van der Waals surface area contributed by atoms with Crippen LogP contribution >= 0.6 is 0 Å². The molecule has 0 bridgehead atoms. The van der Waals surface area contributed by atoms with Gasteiger partial charge in [0.1, 0.15) is 0 Å². The van der Waals surface area contributed by atoms with Gasteiger partial charge in [-0.25, -0.2) is 0 Å². The van der Waals surface area contributed by atoms with Crippen molar-refractivity contribution >= 4 is 22.7 Å². The Labute approximate surface area is 117 Å². The van der Waals surface area contributed by atoms with E-state index in [1.807, 2.05) is 0 Å². The molecule has 0 unspecified atom stereocenters. The van der Waals surface area contributed by atoms with Gasteiger partial charge in [-0.3, -0.25) is 10.1 Å². The SMILES string of the molecule is Nc1cc(Nc2ccc(C(F)(F)F)cc2)cc([N+](=O)[O-])c1. The Morgan fingerprint density at radius 3 is 2.19 bits per heavy atom. The van der Waals surface area contributed by atoms with Gasteiger partial charge in [0.15, 0.2) is 0 Å². The predicted molar refractivity (Wildman–Crippen MR) is 72.2 cm³/mol. The fraction of sp³-hybridized carbons (Fsp3) is 0.0769. The molecule has 0 saturated carbocycles. The number of alkyl halides is 3. The maximum absolute atomic E-state index is 12.4. The molecule has 21 heavy (non-hydrogen) atoms. The lowest BCUT2D eigenvalue weighted by Crippen LogP contribution is -2.04. The van der Waals surface area contributed by atoms with Crippen molar-refractivity contribution in [3.63, 3.8) is 0 Å². The lowest BCUT2D eigenvalue weighted by molar-refractivity contribution is -0.384. The number of hydrogen-bond acceptors (Lipinski definition) is 4. The summed E-state index contributed by atoms with van der Waals surface area (Å²) in [5.41, 5.74) is 5.43. The van der Waals surface area contributed by atoms with E-state index >= 15 is 0 Å². The summed E-state index contributed by atoms with van der Waals surface area (Å²) in [4.78, 5) is 10.1.